The Hall–Kier alpha value is -3.13. The summed E-state index contributed by atoms with van der Waals surface area (Å²) in [5.74, 6) is 0.904. The van der Waals surface area contributed by atoms with Gasteiger partial charge in [0.15, 0.2) is 0 Å². The van der Waals surface area contributed by atoms with E-state index in [2.05, 4.69) is 66.5 Å². The Morgan fingerprint density at radius 1 is 0.852 bits per heavy atom. The number of hydrogen-bond donors (Lipinski definition) is 1. The molecule has 27 heavy (non-hydrogen) atoms. The molecule has 3 aromatic rings. The molecular weight excluding hydrogens is 330 g/mol. The van der Waals surface area contributed by atoms with Crippen molar-refractivity contribution >= 4 is 21.7 Å². The summed E-state index contributed by atoms with van der Waals surface area (Å²) in [5, 5.41) is 5.02. The standard InChI is InChI=1S/C25H21NO/c1-2-3-14-26-21-15-19-16-23(17-8-5-4-6-9-17)27-22-13-12-18-10-7-11-20(21)24(18)25(19)22/h4-13,15-16H,2-3,14H2,1H3/p+1. The van der Waals surface area contributed by atoms with Crippen LogP contribution in [0.5, 0.6) is 0 Å². The highest BCUT2D eigenvalue weighted by molar-refractivity contribution is 6.13. The summed E-state index contributed by atoms with van der Waals surface area (Å²) in [6, 6.07) is 25.6. The molecular formula is C25H22NO+. The molecule has 0 radical (unpaired) electrons. The lowest BCUT2D eigenvalue weighted by molar-refractivity contribution is -0.499. The van der Waals surface area contributed by atoms with Crippen LogP contribution < -0.4 is 10.3 Å². The lowest BCUT2D eigenvalue weighted by atomic mass is 9.91. The zero-order valence-electron chi connectivity index (χ0n) is 15.5. The van der Waals surface area contributed by atoms with Crippen molar-refractivity contribution in [1.82, 2.24) is 0 Å². The van der Waals surface area contributed by atoms with Gasteiger partial charge >= 0.3 is 0 Å². The molecule has 2 nitrogen and oxygen atoms in total. The number of rotatable bonds is 4. The summed E-state index contributed by atoms with van der Waals surface area (Å²) in [7, 11) is 0. The van der Waals surface area contributed by atoms with Crippen LogP contribution in [0.1, 0.15) is 19.8 Å². The average Bonchev–Trinajstić information content (AvgIpc) is 2.73. The molecule has 1 heterocycles. The highest BCUT2D eigenvalue weighted by Crippen LogP contribution is 2.39. The van der Waals surface area contributed by atoms with Crippen LogP contribution >= 0.6 is 0 Å². The molecule has 0 saturated heterocycles. The summed E-state index contributed by atoms with van der Waals surface area (Å²) >= 11 is 0. The Morgan fingerprint density at radius 2 is 1.74 bits per heavy atom. The van der Waals surface area contributed by atoms with Crippen LogP contribution in [-0.4, -0.2) is 6.54 Å². The van der Waals surface area contributed by atoms with Gasteiger partial charge in [0.2, 0.25) is 5.36 Å². The zero-order valence-corrected chi connectivity index (χ0v) is 15.5. The van der Waals surface area contributed by atoms with Crippen LogP contribution in [0.4, 0.5) is 0 Å². The summed E-state index contributed by atoms with van der Waals surface area (Å²) in [6.07, 6.45) is 2.36. The van der Waals surface area contributed by atoms with Gasteiger partial charge in [0, 0.05) is 29.0 Å². The molecule has 5 rings (SSSR count). The number of benzene rings is 4. The second-order valence-corrected chi connectivity index (χ2v) is 7.11. The summed E-state index contributed by atoms with van der Waals surface area (Å²) < 4.78 is 6.31. The minimum Gasteiger partial charge on any atom is -0.456 e. The molecule has 0 amide bonds. The van der Waals surface area contributed by atoms with Gasteiger partial charge in [-0.25, -0.2) is 4.99 Å². The Bertz CT molecular complexity index is 1250. The van der Waals surface area contributed by atoms with E-state index in [4.69, 9.17) is 4.42 Å². The summed E-state index contributed by atoms with van der Waals surface area (Å²) in [4.78, 5) is 3.66. The van der Waals surface area contributed by atoms with E-state index in [1.807, 2.05) is 18.2 Å². The monoisotopic (exact) mass is 352 g/mol. The molecule has 1 aliphatic carbocycles. The van der Waals surface area contributed by atoms with Gasteiger partial charge in [-0.05, 0) is 29.1 Å². The lowest BCUT2D eigenvalue weighted by Crippen LogP contribution is -2.76. The van der Waals surface area contributed by atoms with E-state index in [-0.39, 0.29) is 0 Å². The smallest absolute Gasteiger partial charge is 0.206 e. The second-order valence-electron chi connectivity index (χ2n) is 7.11. The third kappa shape index (κ3) is 2.69. The molecule has 132 valence electrons. The number of unbranched alkanes of at least 4 members (excludes halogenated alkanes) is 1. The molecule has 0 atom stereocenters. The van der Waals surface area contributed by atoms with Crippen LogP contribution in [0.2, 0.25) is 0 Å². The minimum absolute atomic E-state index is 0.904. The van der Waals surface area contributed by atoms with Crippen molar-refractivity contribution in [2.75, 3.05) is 6.54 Å². The normalized spacial score (nSPS) is 12.6. The van der Waals surface area contributed by atoms with Crippen LogP contribution in [0, 0.1) is 0 Å². The van der Waals surface area contributed by atoms with E-state index in [9.17, 15) is 0 Å². The molecule has 2 heteroatoms. The van der Waals surface area contributed by atoms with Gasteiger partial charge < -0.3 is 4.42 Å². The fourth-order valence-corrected chi connectivity index (χ4v) is 3.96. The van der Waals surface area contributed by atoms with Crippen molar-refractivity contribution in [3.63, 3.8) is 0 Å². The van der Waals surface area contributed by atoms with Crippen molar-refractivity contribution < 1.29 is 9.41 Å². The van der Waals surface area contributed by atoms with Crippen molar-refractivity contribution in [1.29, 1.82) is 0 Å². The highest BCUT2D eigenvalue weighted by atomic mass is 16.3. The van der Waals surface area contributed by atoms with Crippen molar-refractivity contribution in [2.24, 2.45) is 0 Å². The fraction of sp³-hybridized carbons (Fsp3) is 0.160. The third-order valence-electron chi connectivity index (χ3n) is 5.30. The van der Waals surface area contributed by atoms with Gasteiger partial charge in [-0.3, -0.25) is 0 Å². The predicted octanol–water partition coefficient (Wildman–Crippen LogP) is 4.58. The van der Waals surface area contributed by atoms with Crippen LogP contribution in [-0.2, 0) is 0 Å². The van der Waals surface area contributed by atoms with E-state index in [0.29, 0.717) is 0 Å². The van der Waals surface area contributed by atoms with Crippen molar-refractivity contribution in [2.45, 2.75) is 19.8 Å². The van der Waals surface area contributed by atoms with Gasteiger partial charge in [0.05, 0.1) is 5.39 Å². The van der Waals surface area contributed by atoms with Gasteiger partial charge in [-0.1, -0.05) is 61.9 Å². The summed E-state index contributed by atoms with van der Waals surface area (Å²) in [6.45, 7) is 3.22. The van der Waals surface area contributed by atoms with Crippen LogP contribution in [0.25, 0.3) is 44.2 Å². The Labute approximate surface area is 158 Å². The van der Waals surface area contributed by atoms with Gasteiger partial charge in [-0.15, -0.1) is 0 Å². The van der Waals surface area contributed by atoms with Crippen molar-refractivity contribution in [3.05, 3.63) is 78.2 Å². The molecule has 2 aliphatic rings. The van der Waals surface area contributed by atoms with Crippen LogP contribution in [0.3, 0.4) is 0 Å². The first-order valence-corrected chi connectivity index (χ1v) is 9.69. The molecule has 0 unspecified atom stereocenters. The molecule has 0 bridgehead atoms. The Kier molecular flexibility index (Phi) is 3.90. The largest absolute Gasteiger partial charge is 0.456 e. The first kappa shape index (κ1) is 16.1. The molecule has 0 fully saturated rings. The van der Waals surface area contributed by atoms with Gasteiger partial charge in [0.25, 0.3) is 0 Å². The van der Waals surface area contributed by atoms with Crippen LogP contribution in [0.15, 0.2) is 77.2 Å². The van der Waals surface area contributed by atoms with E-state index in [0.717, 1.165) is 23.5 Å². The molecule has 0 spiro atoms. The number of hydrogen-bond acceptors (Lipinski definition) is 1. The fourth-order valence-electron chi connectivity index (χ4n) is 3.96. The quantitative estimate of drug-likeness (QED) is 0.372. The maximum Gasteiger partial charge on any atom is 0.206 e. The van der Waals surface area contributed by atoms with E-state index < -0.39 is 0 Å². The molecule has 3 aromatic carbocycles. The van der Waals surface area contributed by atoms with E-state index in [1.165, 1.54) is 45.5 Å². The maximum absolute atomic E-state index is 6.31. The average molecular weight is 352 g/mol. The minimum atomic E-state index is 0.904. The number of nitrogens with one attached hydrogen (secondary N) is 1. The van der Waals surface area contributed by atoms with E-state index in [1.54, 1.807) is 0 Å². The zero-order chi connectivity index (χ0) is 18.2. The highest BCUT2D eigenvalue weighted by Gasteiger charge is 2.19. The lowest BCUT2D eigenvalue weighted by Gasteiger charge is -2.15. The van der Waals surface area contributed by atoms with Crippen molar-refractivity contribution in [3.8, 4) is 22.5 Å². The topological polar surface area (TPSA) is 27.1 Å². The third-order valence-corrected chi connectivity index (χ3v) is 5.30. The Morgan fingerprint density at radius 3 is 2.59 bits per heavy atom. The van der Waals surface area contributed by atoms with Gasteiger partial charge in [-0.2, -0.15) is 0 Å². The molecule has 1 N–H and O–H groups in total. The van der Waals surface area contributed by atoms with E-state index >= 15 is 0 Å². The SMILES string of the molecule is CCCC[NH+]=c1cc2cc(-c3ccccc3)oc3ccc4cccc1c4c3-2. The summed E-state index contributed by atoms with van der Waals surface area (Å²) in [5.41, 5.74) is 4.47. The molecule has 0 aromatic heterocycles. The Balaban J connectivity index is 1.87. The van der Waals surface area contributed by atoms with Gasteiger partial charge in [0.1, 0.15) is 17.9 Å². The first-order valence-electron chi connectivity index (χ1n) is 9.69. The maximum atomic E-state index is 6.31. The molecule has 1 aliphatic heterocycles. The second kappa shape index (κ2) is 6.55. The first-order chi connectivity index (χ1) is 13.3. The molecule has 0 saturated carbocycles. The predicted molar refractivity (Wildman–Crippen MR) is 111 cm³/mol.